The van der Waals surface area contributed by atoms with E-state index in [9.17, 15) is 14.7 Å². The lowest BCUT2D eigenvalue weighted by atomic mass is 10.1. The summed E-state index contributed by atoms with van der Waals surface area (Å²) >= 11 is 0. The van der Waals surface area contributed by atoms with Gasteiger partial charge in [-0.1, -0.05) is 19.3 Å². The Balaban J connectivity index is 3.23. The lowest BCUT2D eigenvalue weighted by Gasteiger charge is -2.06. The van der Waals surface area contributed by atoms with Crippen molar-refractivity contribution < 1.29 is 24.9 Å². The van der Waals surface area contributed by atoms with E-state index in [0.717, 1.165) is 19.3 Å². The minimum atomic E-state index is -0.992. The first-order valence-electron chi connectivity index (χ1n) is 5.14. The van der Waals surface area contributed by atoms with Crippen LogP contribution in [0.25, 0.3) is 0 Å². The molecule has 0 unspecified atom stereocenters. The SMILES string of the molecule is O=C(O)CCCCCC[C@H](O)CC(=O)O. The molecular weight excluding hydrogens is 200 g/mol. The maximum absolute atomic E-state index is 10.2. The van der Waals surface area contributed by atoms with Crippen molar-refractivity contribution in [2.24, 2.45) is 0 Å². The van der Waals surface area contributed by atoms with E-state index in [0.29, 0.717) is 12.8 Å². The van der Waals surface area contributed by atoms with Crippen molar-refractivity contribution in [2.75, 3.05) is 0 Å². The number of aliphatic hydroxyl groups is 1. The van der Waals surface area contributed by atoms with Crippen LogP contribution >= 0.6 is 0 Å². The first kappa shape index (κ1) is 13.9. The molecule has 0 rings (SSSR count). The third kappa shape index (κ3) is 10.8. The van der Waals surface area contributed by atoms with Crippen molar-refractivity contribution in [1.82, 2.24) is 0 Å². The minimum absolute atomic E-state index is 0.178. The van der Waals surface area contributed by atoms with Gasteiger partial charge in [-0.25, -0.2) is 0 Å². The molecule has 0 aliphatic rings. The van der Waals surface area contributed by atoms with Crippen LogP contribution in [0.5, 0.6) is 0 Å². The van der Waals surface area contributed by atoms with E-state index in [4.69, 9.17) is 10.2 Å². The standard InChI is InChI=1S/C10H18O5/c11-8(7-10(14)15)5-3-1-2-4-6-9(12)13/h8,11H,1-7H2,(H,12,13)(H,14,15)/t8-/m0/s1. The second-order valence-corrected chi connectivity index (χ2v) is 3.60. The highest BCUT2D eigenvalue weighted by Gasteiger charge is 2.08. The van der Waals surface area contributed by atoms with Gasteiger partial charge in [0.25, 0.3) is 0 Å². The third-order valence-corrected chi connectivity index (χ3v) is 2.09. The molecule has 0 heterocycles. The van der Waals surface area contributed by atoms with E-state index in [-0.39, 0.29) is 12.8 Å². The van der Waals surface area contributed by atoms with Crippen molar-refractivity contribution in [3.63, 3.8) is 0 Å². The Morgan fingerprint density at radius 2 is 1.53 bits per heavy atom. The van der Waals surface area contributed by atoms with Crippen molar-refractivity contribution in [2.45, 2.75) is 51.0 Å². The predicted molar refractivity (Wildman–Crippen MR) is 53.6 cm³/mol. The smallest absolute Gasteiger partial charge is 0.305 e. The summed E-state index contributed by atoms with van der Waals surface area (Å²) in [7, 11) is 0. The molecule has 0 amide bonds. The Morgan fingerprint density at radius 1 is 0.933 bits per heavy atom. The number of hydrogen-bond donors (Lipinski definition) is 3. The molecule has 0 aromatic rings. The van der Waals surface area contributed by atoms with Crippen molar-refractivity contribution in [3.8, 4) is 0 Å². The number of unbranched alkanes of at least 4 members (excludes halogenated alkanes) is 3. The van der Waals surface area contributed by atoms with Gasteiger partial charge in [-0.15, -0.1) is 0 Å². The largest absolute Gasteiger partial charge is 0.481 e. The first-order valence-corrected chi connectivity index (χ1v) is 5.14. The number of aliphatic carboxylic acids is 2. The van der Waals surface area contributed by atoms with Crippen LogP contribution in [-0.4, -0.2) is 33.4 Å². The van der Waals surface area contributed by atoms with Crippen LogP contribution in [0.4, 0.5) is 0 Å². The first-order chi connectivity index (χ1) is 7.02. The molecule has 3 N–H and O–H groups in total. The van der Waals surface area contributed by atoms with Gasteiger partial charge < -0.3 is 15.3 Å². The predicted octanol–water partition coefficient (Wildman–Crippen LogP) is 1.25. The zero-order valence-corrected chi connectivity index (χ0v) is 8.69. The molecule has 88 valence electrons. The number of rotatable bonds is 9. The molecular formula is C10H18O5. The van der Waals surface area contributed by atoms with Gasteiger partial charge in [0.2, 0.25) is 0 Å². The van der Waals surface area contributed by atoms with Gasteiger partial charge in [-0.05, 0) is 12.8 Å². The van der Waals surface area contributed by atoms with Crippen LogP contribution in [0.2, 0.25) is 0 Å². The van der Waals surface area contributed by atoms with Crippen molar-refractivity contribution >= 4 is 11.9 Å². The van der Waals surface area contributed by atoms with E-state index in [1.165, 1.54) is 0 Å². The summed E-state index contributed by atoms with van der Waals surface area (Å²) < 4.78 is 0. The van der Waals surface area contributed by atoms with E-state index in [1.807, 2.05) is 0 Å². The van der Waals surface area contributed by atoms with Gasteiger partial charge in [-0.2, -0.15) is 0 Å². The van der Waals surface area contributed by atoms with Gasteiger partial charge >= 0.3 is 11.9 Å². The highest BCUT2D eigenvalue weighted by molar-refractivity contribution is 5.67. The Morgan fingerprint density at radius 3 is 2.07 bits per heavy atom. The minimum Gasteiger partial charge on any atom is -0.481 e. The number of carbonyl (C=O) groups is 2. The van der Waals surface area contributed by atoms with Crippen LogP contribution in [0.1, 0.15) is 44.9 Å². The molecule has 5 heteroatoms. The summed E-state index contributed by atoms with van der Waals surface area (Å²) in [5.74, 6) is -1.78. The normalized spacial score (nSPS) is 12.3. The molecule has 0 spiro atoms. The molecule has 0 aliphatic carbocycles. The molecule has 0 saturated carbocycles. The summed E-state index contributed by atoms with van der Waals surface area (Å²) in [5, 5.41) is 25.9. The number of carboxylic acids is 2. The molecule has 0 radical (unpaired) electrons. The molecule has 5 nitrogen and oxygen atoms in total. The second-order valence-electron chi connectivity index (χ2n) is 3.60. The van der Waals surface area contributed by atoms with Gasteiger partial charge in [-0.3, -0.25) is 9.59 Å². The Labute approximate surface area is 88.7 Å². The highest BCUT2D eigenvalue weighted by Crippen LogP contribution is 2.09. The lowest BCUT2D eigenvalue weighted by molar-refractivity contribution is -0.139. The molecule has 1 atom stereocenters. The molecule has 15 heavy (non-hydrogen) atoms. The van der Waals surface area contributed by atoms with E-state index in [1.54, 1.807) is 0 Å². The van der Waals surface area contributed by atoms with Gasteiger partial charge in [0.1, 0.15) is 0 Å². The van der Waals surface area contributed by atoms with Crippen LogP contribution in [0.3, 0.4) is 0 Å². The Kier molecular flexibility index (Phi) is 7.62. The third-order valence-electron chi connectivity index (χ3n) is 2.09. The Hall–Kier alpha value is -1.10. The average Bonchev–Trinajstić information content (AvgIpc) is 2.09. The molecule has 0 saturated heterocycles. The summed E-state index contributed by atoms with van der Waals surface area (Å²) in [6.45, 7) is 0. The van der Waals surface area contributed by atoms with E-state index >= 15 is 0 Å². The zero-order valence-electron chi connectivity index (χ0n) is 8.69. The summed E-state index contributed by atoms with van der Waals surface area (Å²) in [6.07, 6.45) is 2.70. The maximum Gasteiger partial charge on any atom is 0.305 e. The highest BCUT2D eigenvalue weighted by atomic mass is 16.4. The fourth-order valence-corrected chi connectivity index (χ4v) is 1.31. The summed E-state index contributed by atoms with van der Waals surface area (Å²) in [5.41, 5.74) is 0. The molecule has 0 aromatic heterocycles. The monoisotopic (exact) mass is 218 g/mol. The maximum atomic E-state index is 10.2. The quantitative estimate of drug-likeness (QED) is 0.506. The van der Waals surface area contributed by atoms with Crippen molar-refractivity contribution in [1.29, 1.82) is 0 Å². The zero-order chi connectivity index (χ0) is 11.7. The number of hydrogen-bond acceptors (Lipinski definition) is 3. The fourth-order valence-electron chi connectivity index (χ4n) is 1.31. The van der Waals surface area contributed by atoms with E-state index < -0.39 is 18.0 Å². The van der Waals surface area contributed by atoms with Crippen molar-refractivity contribution in [3.05, 3.63) is 0 Å². The topological polar surface area (TPSA) is 94.8 Å². The van der Waals surface area contributed by atoms with Crippen LogP contribution < -0.4 is 0 Å². The second kappa shape index (κ2) is 8.23. The summed E-state index contributed by atoms with van der Waals surface area (Å²) in [4.78, 5) is 20.4. The molecule has 0 aliphatic heterocycles. The average molecular weight is 218 g/mol. The van der Waals surface area contributed by atoms with Crippen LogP contribution in [0, 0.1) is 0 Å². The fraction of sp³-hybridized carbons (Fsp3) is 0.800. The summed E-state index contributed by atoms with van der Waals surface area (Å²) in [6, 6.07) is 0. The Bertz CT molecular complexity index is 202. The molecule has 0 fully saturated rings. The molecule has 0 bridgehead atoms. The van der Waals surface area contributed by atoms with Gasteiger partial charge in [0, 0.05) is 6.42 Å². The van der Waals surface area contributed by atoms with Gasteiger partial charge in [0.05, 0.1) is 12.5 Å². The van der Waals surface area contributed by atoms with Crippen LogP contribution in [-0.2, 0) is 9.59 Å². The van der Waals surface area contributed by atoms with E-state index in [2.05, 4.69) is 0 Å². The molecule has 0 aromatic carbocycles. The van der Waals surface area contributed by atoms with Gasteiger partial charge in [0.15, 0.2) is 0 Å². The van der Waals surface area contributed by atoms with Crippen LogP contribution in [0.15, 0.2) is 0 Å². The lowest BCUT2D eigenvalue weighted by Crippen LogP contribution is -2.12. The number of carboxylic acid groups (broad SMARTS) is 2. The number of aliphatic hydroxyl groups excluding tert-OH is 1.